The van der Waals surface area contributed by atoms with Crippen molar-refractivity contribution in [3.05, 3.63) is 47.0 Å². The first-order chi connectivity index (χ1) is 16.5. The molecule has 4 aromatic rings. The first kappa shape index (κ1) is 23.2. The summed E-state index contributed by atoms with van der Waals surface area (Å²) in [5.41, 5.74) is 1.75. The summed E-state index contributed by atoms with van der Waals surface area (Å²) >= 11 is 11.1. The summed E-state index contributed by atoms with van der Waals surface area (Å²) in [6, 6.07) is 11.2. The van der Waals surface area contributed by atoms with Gasteiger partial charge in [0.15, 0.2) is 15.8 Å². The monoisotopic (exact) mass is 534 g/mol. The minimum Gasteiger partial charge on any atom is -0.493 e. The molecule has 2 aromatic heterocycles. The first-order valence-electron chi connectivity index (χ1n) is 10.1. The lowest BCUT2D eigenvalue weighted by Gasteiger charge is -2.42. The van der Waals surface area contributed by atoms with Gasteiger partial charge in [0.25, 0.3) is 0 Å². The number of rotatable bonds is 8. The zero-order chi connectivity index (χ0) is 23.8. The zero-order valence-corrected chi connectivity index (χ0v) is 21.6. The Hall–Kier alpha value is -2.60. The van der Waals surface area contributed by atoms with E-state index in [4.69, 9.17) is 25.8 Å². The molecule has 2 aromatic carbocycles. The van der Waals surface area contributed by atoms with Crippen molar-refractivity contribution in [2.24, 2.45) is 0 Å². The van der Waals surface area contributed by atoms with Crippen molar-refractivity contribution in [2.75, 3.05) is 26.2 Å². The van der Waals surface area contributed by atoms with E-state index < -0.39 is 11.4 Å². The molecule has 12 heteroatoms. The van der Waals surface area contributed by atoms with Crippen LogP contribution in [0.5, 0.6) is 17.2 Å². The topological polar surface area (TPSA) is 86.7 Å². The fourth-order valence-corrected chi connectivity index (χ4v) is 6.99. The number of thioether (sulfide) groups is 1. The van der Waals surface area contributed by atoms with Crippen LogP contribution in [0.25, 0.3) is 10.2 Å². The van der Waals surface area contributed by atoms with Gasteiger partial charge in [0, 0.05) is 0 Å². The summed E-state index contributed by atoms with van der Waals surface area (Å²) < 4.78 is 18.4. The number of ether oxygens (including phenoxy) is 3. The highest BCUT2D eigenvalue weighted by molar-refractivity contribution is 8.00. The van der Waals surface area contributed by atoms with Gasteiger partial charge in [-0.3, -0.25) is 9.69 Å². The Bertz CT molecular complexity index is 1300. The summed E-state index contributed by atoms with van der Waals surface area (Å²) in [7, 11) is 4.63. The molecule has 0 aliphatic carbocycles. The van der Waals surface area contributed by atoms with Crippen LogP contribution in [-0.2, 0) is 10.5 Å². The van der Waals surface area contributed by atoms with Crippen LogP contribution in [0.3, 0.4) is 0 Å². The Balaban J connectivity index is 1.37. The molecule has 1 aliphatic heterocycles. The molecule has 1 amide bonds. The number of methoxy groups -OCH3 is 3. The molecule has 176 valence electrons. The summed E-state index contributed by atoms with van der Waals surface area (Å²) in [4.78, 5) is 18.9. The zero-order valence-electron chi connectivity index (χ0n) is 18.4. The molecular formula is C22H19ClN4O4S3. The standard InChI is InChI=1S/C22H19ClN4O4S3/c1-29-13-8-11(9-14(30-2)19(13)31-3)18-17(23)20(28)27(18)21-26-25-16(34-21)10-32-22-24-12-6-4-5-7-15(12)33-22/h4-9,17-18H,10H2,1-3H3. The van der Waals surface area contributed by atoms with Gasteiger partial charge in [-0.15, -0.1) is 33.1 Å². The third-order valence-electron chi connectivity index (χ3n) is 5.31. The van der Waals surface area contributed by atoms with Gasteiger partial charge < -0.3 is 14.2 Å². The molecule has 1 saturated heterocycles. The maximum atomic E-state index is 12.7. The van der Waals surface area contributed by atoms with E-state index in [0.29, 0.717) is 28.1 Å². The molecule has 8 nitrogen and oxygen atoms in total. The maximum Gasteiger partial charge on any atom is 0.250 e. The smallest absolute Gasteiger partial charge is 0.250 e. The van der Waals surface area contributed by atoms with Gasteiger partial charge in [0.2, 0.25) is 16.8 Å². The minimum atomic E-state index is -0.729. The number of carbonyl (C=O) groups is 1. The second-order valence-electron chi connectivity index (χ2n) is 7.23. The molecule has 1 fully saturated rings. The summed E-state index contributed by atoms with van der Waals surface area (Å²) in [5, 5.41) is 9.13. The van der Waals surface area contributed by atoms with Crippen molar-refractivity contribution in [3.63, 3.8) is 0 Å². The van der Waals surface area contributed by atoms with E-state index in [0.717, 1.165) is 25.1 Å². The molecule has 34 heavy (non-hydrogen) atoms. The number of para-hydroxylation sites is 1. The fourth-order valence-electron chi connectivity index (χ4n) is 3.69. The van der Waals surface area contributed by atoms with E-state index in [9.17, 15) is 4.79 Å². The van der Waals surface area contributed by atoms with Gasteiger partial charge in [-0.25, -0.2) is 4.98 Å². The average Bonchev–Trinajstić information content (AvgIpc) is 3.50. The highest BCUT2D eigenvalue weighted by atomic mass is 35.5. The summed E-state index contributed by atoms with van der Waals surface area (Å²) in [6.07, 6.45) is 0. The van der Waals surface area contributed by atoms with Crippen LogP contribution in [-0.4, -0.2) is 47.8 Å². The lowest BCUT2D eigenvalue weighted by Crippen LogP contribution is -2.56. The van der Waals surface area contributed by atoms with Gasteiger partial charge in [-0.2, -0.15) is 0 Å². The van der Waals surface area contributed by atoms with Crippen LogP contribution in [0.1, 0.15) is 16.6 Å². The van der Waals surface area contributed by atoms with Crippen molar-refractivity contribution in [1.29, 1.82) is 0 Å². The van der Waals surface area contributed by atoms with Crippen molar-refractivity contribution in [1.82, 2.24) is 15.2 Å². The van der Waals surface area contributed by atoms with Gasteiger partial charge in [0.05, 0.1) is 43.3 Å². The van der Waals surface area contributed by atoms with E-state index in [1.807, 2.05) is 18.2 Å². The van der Waals surface area contributed by atoms with Gasteiger partial charge in [0.1, 0.15) is 10.4 Å². The number of halogens is 1. The number of benzene rings is 2. The number of hydrogen-bond donors (Lipinski definition) is 0. The van der Waals surface area contributed by atoms with E-state index >= 15 is 0 Å². The van der Waals surface area contributed by atoms with Crippen LogP contribution >= 0.6 is 46.0 Å². The molecule has 2 atom stereocenters. The van der Waals surface area contributed by atoms with E-state index in [1.54, 1.807) is 61.5 Å². The molecular weight excluding hydrogens is 516 g/mol. The third-order valence-corrected chi connectivity index (χ3v) is 9.03. The van der Waals surface area contributed by atoms with Crippen molar-refractivity contribution in [3.8, 4) is 17.2 Å². The maximum absolute atomic E-state index is 12.7. The van der Waals surface area contributed by atoms with E-state index in [-0.39, 0.29) is 5.91 Å². The first-order valence-corrected chi connectivity index (χ1v) is 13.2. The Morgan fingerprint density at radius 1 is 1.06 bits per heavy atom. The fraction of sp³-hybridized carbons (Fsp3) is 0.273. The average molecular weight is 535 g/mol. The molecule has 0 spiro atoms. The van der Waals surface area contributed by atoms with Crippen LogP contribution in [0.4, 0.5) is 5.13 Å². The molecule has 1 aliphatic rings. The number of β-lactam (4-membered cyclic amide) rings is 1. The number of hydrogen-bond acceptors (Lipinski definition) is 10. The van der Waals surface area contributed by atoms with Gasteiger partial charge in [-0.05, 0) is 29.8 Å². The van der Waals surface area contributed by atoms with Crippen molar-refractivity contribution in [2.45, 2.75) is 21.5 Å². The highest BCUT2D eigenvalue weighted by Gasteiger charge is 2.50. The second kappa shape index (κ2) is 9.57. The Morgan fingerprint density at radius 2 is 1.79 bits per heavy atom. The van der Waals surface area contributed by atoms with Crippen LogP contribution in [0.15, 0.2) is 40.7 Å². The SMILES string of the molecule is COc1cc(C2C(Cl)C(=O)N2c2nnc(CSc3nc4ccccc4s3)s2)cc(OC)c1OC. The molecule has 2 unspecified atom stereocenters. The number of anilines is 1. The number of fused-ring (bicyclic) bond motifs is 1. The van der Waals surface area contributed by atoms with Crippen molar-refractivity contribution >= 4 is 67.3 Å². The Kier molecular flexibility index (Phi) is 6.52. The van der Waals surface area contributed by atoms with Gasteiger partial charge in [-0.1, -0.05) is 35.2 Å². The lowest BCUT2D eigenvalue weighted by atomic mass is 9.93. The quantitative estimate of drug-likeness (QED) is 0.174. The van der Waals surface area contributed by atoms with Crippen LogP contribution in [0.2, 0.25) is 0 Å². The van der Waals surface area contributed by atoms with Crippen LogP contribution in [0, 0.1) is 0 Å². The number of thiazole rings is 1. The molecule has 0 radical (unpaired) electrons. The number of carbonyl (C=O) groups excluding carboxylic acids is 1. The predicted molar refractivity (Wildman–Crippen MR) is 135 cm³/mol. The molecule has 3 heterocycles. The molecule has 0 saturated carbocycles. The number of aromatic nitrogens is 3. The van der Waals surface area contributed by atoms with Gasteiger partial charge >= 0.3 is 0 Å². The predicted octanol–water partition coefficient (Wildman–Crippen LogP) is 5.16. The van der Waals surface area contributed by atoms with Crippen molar-refractivity contribution < 1.29 is 19.0 Å². The number of nitrogens with zero attached hydrogens (tertiary/aromatic N) is 4. The molecule has 5 rings (SSSR count). The lowest BCUT2D eigenvalue weighted by molar-refractivity contribution is -0.123. The normalized spacial score (nSPS) is 17.6. The Morgan fingerprint density at radius 3 is 2.47 bits per heavy atom. The summed E-state index contributed by atoms with van der Waals surface area (Å²) in [6.45, 7) is 0. The minimum absolute atomic E-state index is 0.220. The highest BCUT2D eigenvalue weighted by Crippen LogP contribution is 2.48. The summed E-state index contributed by atoms with van der Waals surface area (Å²) in [5.74, 6) is 1.85. The largest absolute Gasteiger partial charge is 0.493 e. The Labute approximate surface area is 212 Å². The number of amides is 1. The molecule has 0 N–H and O–H groups in total. The van der Waals surface area contributed by atoms with E-state index in [1.165, 1.54) is 11.3 Å². The second-order valence-corrected chi connectivity index (χ2v) is 11.0. The number of alkyl halides is 1. The molecule has 0 bridgehead atoms. The van der Waals surface area contributed by atoms with E-state index in [2.05, 4.69) is 21.2 Å². The third kappa shape index (κ3) is 4.06. The van der Waals surface area contributed by atoms with Crippen LogP contribution < -0.4 is 19.1 Å².